The van der Waals surface area contributed by atoms with Crippen molar-refractivity contribution in [2.75, 3.05) is 7.11 Å². The van der Waals surface area contributed by atoms with Crippen molar-refractivity contribution in [3.63, 3.8) is 0 Å². The van der Waals surface area contributed by atoms with Crippen molar-refractivity contribution < 1.29 is 14.6 Å². The van der Waals surface area contributed by atoms with Gasteiger partial charge in [-0.15, -0.1) is 0 Å². The Morgan fingerprint density at radius 1 is 1.44 bits per heavy atom. The zero-order valence-corrected chi connectivity index (χ0v) is 8.67. The molecule has 82 valence electrons. The number of carbonyl (C=O) groups is 1. The second kappa shape index (κ2) is 4.14. The molecular formula is C11H10N2O3. The number of benzene rings is 1. The summed E-state index contributed by atoms with van der Waals surface area (Å²) in [6, 6.07) is 5.24. The number of aromatic nitrogens is 2. The maximum absolute atomic E-state index is 10.6. The number of ether oxygens (including phenoxy) is 1. The van der Waals surface area contributed by atoms with Crippen LogP contribution in [0.1, 0.15) is 5.56 Å². The molecule has 0 spiro atoms. The topological polar surface area (TPSA) is 72.3 Å². The summed E-state index contributed by atoms with van der Waals surface area (Å²) in [4.78, 5) is 18.6. The van der Waals surface area contributed by atoms with Crippen molar-refractivity contribution in [2.45, 2.75) is 6.42 Å². The molecule has 2 rings (SSSR count). The third kappa shape index (κ3) is 1.93. The highest BCUT2D eigenvalue weighted by Gasteiger charge is 2.06. The highest BCUT2D eigenvalue weighted by molar-refractivity contribution is 5.85. The summed E-state index contributed by atoms with van der Waals surface area (Å²) in [6.07, 6.45) is 1.39. The largest absolute Gasteiger partial charge is 0.481 e. The zero-order valence-electron chi connectivity index (χ0n) is 8.67. The van der Waals surface area contributed by atoms with Crippen LogP contribution in [0.15, 0.2) is 24.5 Å². The van der Waals surface area contributed by atoms with Crippen molar-refractivity contribution in [3.8, 4) is 5.88 Å². The van der Waals surface area contributed by atoms with E-state index in [9.17, 15) is 4.79 Å². The highest BCUT2D eigenvalue weighted by atomic mass is 16.5. The van der Waals surface area contributed by atoms with E-state index in [1.807, 2.05) is 0 Å². The van der Waals surface area contributed by atoms with Gasteiger partial charge < -0.3 is 9.84 Å². The van der Waals surface area contributed by atoms with Crippen LogP contribution in [0.2, 0.25) is 0 Å². The molecule has 0 aliphatic heterocycles. The molecule has 0 bridgehead atoms. The fourth-order valence-electron chi connectivity index (χ4n) is 1.53. The van der Waals surface area contributed by atoms with E-state index in [0.29, 0.717) is 11.4 Å². The van der Waals surface area contributed by atoms with Crippen LogP contribution in [-0.4, -0.2) is 28.2 Å². The summed E-state index contributed by atoms with van der Waals surface area (Å²) in [5.74, 6) is -0.410. The van der Waals surface area contributed by atoms with E-state index in [4.69, 9.17) is 9.84 Å². The molecule has 0 radical (unpaired) electrons. The number of hydrogen-bond acceptors (Lipinski definition) is 4. The lowest BCUT2D eigenvalue weighted by Gasteiger charge is -2.04. The zero-order chi connectivity index (χ0) is 11.5. The van der Waals surface area contributed by atoms with E-state index in [0.717, 1.165) is 10.9 Å². The summed E-state index contributed by atoms with van der Waals surface area (Å²) in [5.41, 5.74) is 1.44. The minimum absolute atomic E-state index is 0.0199. The monoisotopic (exact) mass is 218 g/mol. The van der Waals surface area contributed by atoms with Crippen LogP contribution in [0.3, 0.4) is 0 Å². The molecule has 2 aromatic rings. The molecule has 5 heteroatoms. The number of aliphatic carboxylic acids is 1. The standard InChI is InChI=1S/C11H10N2O3/c1-16-11-8-4-7(5-10(14)15)2-3-9(8)12-6-13-11/h2-4,6H,5H2,1H3,(H,14,15). The maximum atomic E-state index is 10.6. The summed E-state index contributed by atoms with van der Waals surface area (Å²) < 4.78 is 5.09. The van der Waals surface area contributed by atoms with Gasteiger partial charge in [0.2, 0.25) is 5.88 Å². The van der Waals surface area contributed by atoms with Crippen molar-refractivity contribution in [1.82, 2.24) is 9.97 Å². The number of hydrogen-bond donors (Lipinski definition) is 1. The Balaban J connectivity index is 2.54. The second-order valence-corrected chi connectivity index (χ2v) is 3.30. The van der Waals surface area contributed by atoms with Crippen LogP contribution < -0.4 is 4.74 Å². The van der Waals surface area contributed by atoms with E-state index in [1.54, 1.807) is 18.2 Å². The van der Waals surface area contributed by atoms with Crippen molar-refractivity contribution in [1.29, 1.82) is 0 Å². The lowest BCUT2D eigenvalue weighted by Crippen LogP contribution is -2.00. The molecule has 0 amide bonds. The van der Waals surface area contributed by atoms with Gasteiger partial charge in [0.25, 0.3) is 0 Å². The van der Waals surface area contributed by atoms with Gasteiger partial charge in [0, 0.05) is 0 Å². The van der Waals surface area contributed by atoms with Crippen LogP contribution in [-0.2, 0) is 11.2 Å². The minimum atomic E-state index is -0.866. The van der Waals surface area contributed by atoms with Gasteiger partial charge in [0.1, 0.15) is 6.33 Å². The first-order valence-electron chi connectivity index (χ1n) is 4.70. The first kappa shape index (κ1) is 10.4. The molecule has 1 N–H and O–H groups in total. The number of fused-ring (bicyclic) bond motifs is 1. The first-order valence-corrected chi connectivity index (χ1v) is 4.70. The lowest BCUT2D eigenvalue weighted by atomic mass is 10.1. The van der Waals surface area contributed by atoms with Crippen LogP contribution in [0.5, 0.6) is 5.88 Å². The first-order chi connectivity index (χ1) is 7.70. The van der Waals surface area contributed by atoms with Crippen molar-refractivity contribution in [2.24, 2.45) is 0 Å². The number of rotatable bonds is 3. The normalized spacial score (nSPS) is 10.3. The summed E-state index contributed by atoms with van der Waals surface area (Å²) in [7, 11) is 1.52. The molecule has 1 aromatic carbocycles. The highest BCUT2D eigenvalue weighted by Crippen LogP contribution is 2.22. The molecule has 1 aromatic heterocycles. The quantitative estimate of drug-likeness (QED) is 0.839. The second-order valence-electron chi connectivity index (χ2n) is 3.30. The fourth-order valence-corrected chi connectivity index (χ4v) is 1.53. The predicted octanol–water partition coefficient (Wildman–Crippen LogP) is 1.27. The Labute approximate surface area is 91.7 Å². The van der Waals surface area contributed by atoms with Gasteiger partial charge in [0.05, 0.1) is 24.4 Å². The summed E-state index contributed by atoms with van der Waals surface area (Å²) in [5, 5.41) is 9.43. The Bertz CT molecular complexity index is 540. The fraction of sp³-hybridized carbons (Fsp3) is 0.182. The molecule has 0 saturated carbocycles. The van der Waals surface area contributed by atoms with Crippen LogP contribution in [0, 0.1) is 0 Å². The van der Waals surface area contributed by atoms with E-state index in [-0.39, 0.29) is 6.42 Å². The maximum Gasteiger partial charge on any atom is 0.307 e. The van der Waals surface area contributed by atoms with Gasteiger partial charge in [-0.25, -0.2) is 9.97 Å². The van der Waals surface area contributed by atoms with Gasteiger partial charge >= 0.3 is 5.97 Å². The Hall–Kier alpha value is -2.17. The molecule has 0 saturated heterocycles. The van der Waals surface area contributed by atoms with E-state index >= 15 is 0 Å². The summed E-state index contributed by atoms with van der Waals surface area (Å²) >= 11 is 0. The molecule has 16 heavy (non-hydrogen) atoms. The van der Waals surface area contributed by atoms with Gasteiger partial charge in [0.15, 0.2) is 0 Å². The van der Waals surface area contributed by atoms with Gasteiger partial charge in [-0.05, 0) is 17.7 Å². The van der Waals surface area contributed by atoms with Crippen molar-refractivity contribution >= 4 is 16.9 Å². The van der Waals surface area contributed by atoms with Gasteiger partial charge in [-0.1, -0.05) is 6.07 Å². The van der Waals surface area contributed by atoms with Crippen LogP contribution in [0.25, 0.3) is 10.9 Å². The molecule has 0 unspecified atom stereocenters. The predicted molar refractivity (Wildman–Crippen MR) is 57.4 cm³/mol. The van der Waals surface area contributed by atoms with E-state index < -0.39 is 5.97 Å². The number of carboxylic acid groups (broad SMARTS) is 1. The number of methoxy groups -OCH3 is 1. The van der Waals surface area contributed by atoms with Gasteiger partial charge in [-0.2, -0.15) is 0 Å². The van der Waals surface area contributed by atoms with Gasteiger partial charge in [-0.3, -0.25) is 4.79 Å². The SMILES string of the molecule is COc1ncnc2ccc(CC(=O)O)cc12. The Morgan fingerprint density at radius 2 is 2.25 bits per heavy atom. The Morgan fingerprint density at radius 3 is 2.94 bits per heavy atom. The molecule has 0 atom stereocenters. The minimum Gasteiger partial charge on any atom is -0.481 e. The Kier molecular flexibility index (Phi) is 2.68. The average molecular weight is 218 g/mol. The average Bonchev–Trinajstić information content (AvgIpc) is 2.27. The lowest BCUT2D eigenvalue weighted by molar-refractivity contribution is -0.136. The van der Waals surface area contributed by atoms with E-state index in [1.165, 1.54) is 13.4 Å². The number of nitrogens with zero attached hydrogens (tertiary/aromatic N) is 2. The molecule has 0 fully saturated rings. The smallest absolute Gasteiger partial charge is 0.307 e. The third-order valence-corrected chi connectivity index (χ3v) is 2.21. The van der Waals surface area contributed by atoms with Crippen LogP contribution >= 0.6 is 0 Å². The number of carboxylic acids is 1. The molecule has 0 aliphatic carbocycles. The van der Waals surface area contributed by atoms with Crippen molar-refractivity contribution in [3.05, 3.63) is 30.1 Å². The molecule has 5 nitrogen and oxygen atoms in total. The molecular weight excluding hydrogens is 208 g/mol. The van der Waals surface area contributed by atoms with E-state index in [2.05, 4.69) is 9.97 Å². The molecule has 1 heterocycles. The summed E-state index contributed by atoms with van der Waals surface area (Å²) in [6.45, 7) is 0. The van der Waals surface area contributed by atoms with Crippen LogP contribution in [0.4, 0.5) is 0 Å². The third-order valence-electron chi connectivity index (χ3n) is 2.21. The molecule has 0 aliphatic rings.